The van der Waals surface area contributed by atoms with E-state index in [1.165, 1.54) is 0 Å². The summed E-state index contributed by atoms with van der Waals surface area (Å²) in [5.41, 5.74) is 0.507. The van der Waals surface area contributed by atoms with E-state index >= 15 is 0 Å². The van der Waals surface area contributed by atoms with E-state index in [4.69, 9.17) is 0 Å². The molecule has 6 heteroatoms. The lowest BCUT2D eigenvalue weighted by Gasteiger charge is -2.08. The SMILES string of the molecule is CON(F)S(=O)(=O)Cc1ccccc1. The van der Waals surface area contributed by atoms with Crippen molar-refractivity contribution in [3.63, 3.8) is 0 Å². The zero-order valence-corrected chi connectivity index (χ0v) is 8.37. The molecule has 0 radical (unpaired) electrons. The van der Waals surface area contributed by atoms with E-state index < -0.39 is 20.5 Å². The molecule has 0 heterocycles. The molecule has 0 amide bonds. The monoisotopic (exact) mass is 219 g/mol. The second-order valence-corrected chi connectivity index (χ2v) is 4.35. The first-order chi connectivity index (χ1) is 6.56. The van der Waals surface area contributed by atoms with Crippen LogP contribution >= 0.6 is 0 Å². The molecule has 0 fully saturated rings. The maximum absolute atomic E-state index is 12.6. The molecule has 0 atom stereocenters. The standard InChI is InChI=1S/C8H10FNO3S/c1-13-10(9)14(11,12)7-8-5-3-2-4-6-8/h2-6H,7H2,1H3. The van der Waals surface area contributed by atoms with E-state index in [0.29, 0.717) is 5.56 Å². The Labute approximate surface area is 81.9 Å². The number of nitrogens with zero attached hydrogens (tertiary/aromatic N) is 1. The fourth-order valence-corrected chi connectivity index (χ4v) is 1.89. The maximum Gasteiger partial charge on any atom is 0.268 e. The Morgan fingerprint density at radius 1 is 1.36 bits per heavy atom. The summed E-state index contributed by atoms with van der Waals surface area (Å²) in [6.07, 6.45) is 0. The molecule has 0 aliphatic rings. The second kappa shape index (κ2) is 4.50. The van der Waals surface area contributed by atoms with Crippen LogP contribution < -0.4 is 0 Å². The van der Waals surface area contributed by atoms with E-state index in [-0.39, 0.29) is 0 Å². The molecular formula is C8H10FNO3S. The van der Waals surface area contributed by atoms with Crippen molar-refractivity contribution in [3.05, 3.63) is 35.9 Å². The second-order valence-electron chi connectivity index (χ2n) is 2.61. The zero-order chi connectivity index (χ0) is 10.6. The van der Waals surface area contributed by atoms with Gasteiger partial charge in [0.25, 0.3) is 10.0 Å². The van der Waals surface area contributed by atoms with Crippen LogP contribution in [0.3, 0.4) is 0 Å². The van der Waals surface area contributed by atoms with Crippen molar-refractivity contribution < 1.29 is 17.7 Å². The molecular weight excluding hydrogens is 209 g/mol. The number of benzene rings is 1. The van der Waals surface area contributed by atoms with E-state index in [2.05, 4.69) is 4.84 Å². The Bertz CT molecular complexity index is 379. The van der Waals surface area contributed by atoms with Gasteiger partial charge >= 0.3 is 0 Å². The van der Waals surface area contributed by atoms with Crippen LogP contribution in [0.1, 0.15) is 5.56 Å². The van der Waals surface area contributed by atoms with Crippen molar-refractivity contribution in [3.8, 4) is 0 Å². The Kier molecular flexibility index (Phi) is 3.56. The van der Waals surface area contributed by atoms with Crippen molar-refractivity contribution in [1.29, 1.82) is 0 Å². The molecule has 14 heavy (non-hydrogen) atoms. The lowest BCUT2D eigenvalue weighted by Crippen LogP contribution is -2.23. The van der Waals surface area contributed by atoms with E-state index in [1.807, 2.05) is 0 Å². The van der Waals surface area contributed by atoms with E-state index in [9.17, 15) is 12.9 Å². The Morgan fingerprint density at radius 3 is 2.43 bits per heavy atom. The summed E-state index contributed by atoms with van der Waals surface area (Å²) in [4.78, 5) is 3.97. The fraction of sp³-hybridized carbons (Fsp3) is 0.250. The van der Waals surface area contributed by atoms with Crippen LogP contribution in [0.4, 0.5) is 4.48 Å². The van der Waals surface area contributed by atoms with Crippen LogP contribution in [0.5, 0.6) is 0 Å². The third-order valence-electron chi connectivity index (χ3n) is 1.55. The highest BCUT2D eigenvalue weighted by Crippen LogP contribution is 2.10. The number of sulfonamides is 1. The van der Waals surface area contributed by atoms with Gasteiger partial charge < -0.3 is 0 Å². The first-order valence-electron chi connectivity index (χ1n) is 3.83. The Morgan fingerprint density at radius 2 is 1.93 bits per heavy atom. The number of hydrogen-bond acceptors (Lipinski definition) is 3. The Hall–Kier alpha value is -0.980. The predicted octanol–water partition coefficient (Wildman–Crippen LogP) is 1.26. The first-order valence-corrected chi connectivity index (χ1v) is 5.44. The summed E-state index contributed by atoms with van der Waals surface area (Å²) in [5, 5.41) is 0. The van der Waals surface area contributed by atoms with Crippen molar-refractivity contribution in [2.24, 2.45) is 0 Å². The number of rotatable bonds is 4. The van der Waals surface area contributed by atoms with Crippen LogP contribution in [-0.4, -0.2) is 20.2 Å². The van der Waals surface area contributed by atoms with Crippen molar-refractivity contribution >= 4 is 10.0 Å². The van der Waals surface area contributed by atoms with Crippen LogP contribution in [-0.2, 0) is 20.6 Å². The third-order valence-corrected chi connectivity index (χ3v) is 2.84. The average Bonchev–Trinajstić information content (AvgIpc) is 2.17. The van der Waals surface area contributed by atoms with Gasteiger partial charge in [0.2, 0.25) is 0 Å². The molecule has 0 aromatic heterocycles. The largest absolute Gasteiger partial charge is 0.268 e. The minimum absolute atomic E-state index is 0.418. The lowest BCUT2D eigenvalue weighted by molar-refractivity contribution is -0.181. The normalized spacial score (nSPS) is 11.9. The fourth-order valence-electron chi connectivity index (χ4n) is 0.949. The smallest absolute Gasteiger partial charge is 0.260 e. The molecule has 0 saturated heterocycles. The summed E-state index contributed by atoms with van der Waals surface area (Å²) >= 11 is 0. The van der Waals surface area contributed by atoms with Gasteiger partial charge in [0.05, 0.1) is 17.6 Å². The van der Waals surface area contributed by atoms with Crippen LogP contribution in [0, 0.1) is 0 Å². The van der Waals surface area contributed by atoms with Gasteiger partial charge in [-0.25, -0.2) is 8.42 Å². The molecule has 0 aliphatic carbocycles. The summed E-state index contributed by atoms with van der Waals surface area (Å²) < 4.78 is 34.3. The summed E-state index contributed by atoms with van der Waals surface area (Å²) in [6, 6.07) is 8.31. The maximum atomic E-state index is 12.6. The van der Waals surface area contributed by atoms with Gasteiger partial charge in [0, 0.05) is 0 Å². The van der Waals surface area contributed by atoms with Crippen molar-refractivity contribution in [1.82, 2.24) is 4.69 Å². The quantitative estimate of drug-likeness (QED) is 0.566. The van der Waals surface area contributed by atoms with Crippen LogP contribution in [0.15, 0.2) is 30.3 Å². The summed E-state index contributed by atoms with van der Waals surface area (Å²) in [5.74, 6) is -0.418. The molecule has 0 aliphatic heterocycles. The molecule has 78 valence electrons. The summed E-state index contributed by atoms with van der Waals surface area (Å²) in [7, 11) is -3.07. The molecule has 0 N–H and O–H groups in total. The van der Waals surface area contributed by atoms with Gasteiger partial charge in [-0.15, -0.1) is 0 Å². The molecule has 1 rings (SSSR count). The highest BCUT2D eigenvalue weighted by Gasteiger charge is 2.22. The predicted molar refractivity (Wildman–Crippen MR) is 49.0 cm³/mol. The third kappa shape index (κ3) is 2.76. The van der Waals surface area contributed by atoms with Gasteiger partial charge in [-0.1, -0.05) is 34.8 Å². The molecule has 1 aromatic rings. The van der Waals surface area contributed by atoms with Crippen LogP contribution in [0.2, 0.25) is 0 Å². The van der Waals surface area contributed by atoms with Gasteiger partial charge in [-0.3, -0.25) is 4.84 Å². The van der Waals surface area contributed by atoms with Gasteiger partial charge in [-0.2, -0.15) is 0 Å². The van der Waals surface area contributed by atoms with Crippen molar-refractivity contribution in [2.45, 2.75) is 5.75 Å². The minimum Gasteiger partial charge on any atom is -0.260 e. The highest BCUT2D eigenvalue weighted by atomic mass is 32.2. The lowest BCUT2D eigenvalue weighted by atomic mass is 10.2. The van der Waals surface area contributed by atoms with Crippen LogP contribution in [0.25, 0.3) is 0 Å². The van der Waals surface area contributed by atoms with Crippen molar-refractivity contribution in [2.75, 3.05) is 7.11 Å². The molecule has 0 spiro atoms. The van der Waals surface area contributed by atoms with E-state index in [0.717, 1.165) is 7.11 Å². The molecule has 0 saturated carbocycles. The number of hydrogen-bond donors (Lipinski definition) is 0. The number of halogens is 1. The highest BCUT2D eigenvalue weighted by molar-refractivity contribution is 7.88. The summed E-state index contributed by atoms with van der Waals surface area (Å²) in [6.45, 7) is 0. The average molecular weight is 219 g/mol. The van der Waals surface area contributed by atoms with Gasteiger partial charge in [-0.05, 0) is 5.56 Å². The minimum atomic E-state index is -4.02. The molecule has 1 aromatic carbocycles. The molecule has 0 bridgehead atoms. The van der Waals surface area contributed by atoms with Gasteiger partial charge in [0.15, 0.2) is 0 Å². The Balaban J connectivity index is 2.79. The first kappa shape index (κ1) is 11.1. The molecule has 0 unspecified atom stereocenters. The zero-order valence-electron chi connectivity index (χ0n) is 7.55. The van der Waals surface area contributed by atoms with Gasteiger partial charge in [0.1, 0.15) is 0 Å². The molecule has 4 nitrogen and oxygen atoms in total. The topological polar surface area (TPSA) is 46.6 Å². The van der Waals surface area contributed by atoms with E-state index in [1.54, 1.807) is 30.3 Å².